The molecule has 1 saturated carbocycles. The molecule has 0 unspecified atom stereocenters. The van der Waals surface area contributed by atoms with Crippen molar-refractivity contribution in [2.45, 2.75) is 174 Å². The third kappa shape index (κ3) is 25.2. The number of aliphatic hydroxyl groups is 1. The monoisotopic (exact) mass is 1190 g/mol. The van der Waals surface area contributed by atoms with Crippen molar-refractivity contribution in [3.8, 4) is 5.75 Å². The van der Waals surface area contributed by atoms with E-state index < -0.39 is 41.9 Å². The molecular weight excluding hydrogens is 1080 g/mol. The molecular formula is C65H106N2O12Si3. The second kappa shape index (κ2) is 35.2. The molecule has 2 heterocycles. The lowest BCUT2D eigenvalue weighted by Gasteiger charge is -2.39. The third-order valence-electron chi connectivity index (χ3n) is 14.9. The van der Waals surface area contributed by atoms with Crippen molar-refractivity contribution in [1.82, 2.24) is 9.80 Å². The number of ether oxygens (including phenoxy) is 6. The minimum absolute atomic E-state index is 0.172. The molecule has 0 aromatic heterocycles. The van der Waals surface area contributed by atoms with Gasteiger partial charge < -0.3 is 41.8 Å². The average Bonchev–Trinajstić information content (AvgIpc) is 3.44. The van der Waals surface area contributed by atoms with E-state index in [1.807, 2.05) is 52.0 Å². The van der Waals surface area contributed by atoms with Crippen molar-refractivity contribution >= 4 is 42.5 Å². The van der Waals surface area contributed by atoms with Gasteiger partial charge in [0.1, 0.15) is 18.0 Å². The van der Waals surface area contributed by atoms with E-state index in [0.29, 0.717) is 77.0 Å². The maximum atomic E-state index is 12.9. The number of hydrogen-bond donors (Lipinski definition) is 1. The molecule has 3 aromatic rings. The van der Waals surface area contributed by atoms with Crippen molar-refractivity contribution in [3.05, 3.63) is 113 Å². The summed E-state index contributed by atoms with van der Waals surface area (Å²) < 4.78 is 46.3. The van der Waals surface area contributed by atoms with Crippen LogP contribution in [0.15, 0.2) is 85.5 Å². The van der Waals surface area contributed by atoms with Crippen LogP contribution in [0.5, 0.6) is 5.75 Å². The van der Waals surface area contributed by atoms with E-state index in [-0.39, 0.29) is 17.3 Å². The number of aryl methyl sites for hydroxylation is 2. The second-order valence-corrected chi connectivity index (χ2v) is 38.0. The van der Waals surface area contributed by atoms with Crippen molar-refractivity contribution < 1.29 is 56.1 Å². The Kier molecular flexibility index (Phi) is 30.4. The number of ketones is 3. The van der Waals surface area contributed by atoms with E-state index in [0.717, 1.165) is 121 Å². The van der Waals surface area contributed by atoms with Crippen LogP contribution in [0.4, 0.5) is 0 Å². The molecule has 3 fully saturated rings. The van der Waals surface area contributed by atoms with E-state index in [4.69, 9.17) is 36.7 Å². The van der Waals surface area contributed by atoms with Gasteiger partial charge in [0.05, 0.1) is 50.7 Å². The Morgan fingerprint density at radius 3 is 1.45 bits per heavy atom. The van der Waals surface area contributed by atoms with Gasteiger partial charge in [0.25, 0.3) is 0 Å². The van der Waals surface area contributed by atoms with Gasteiger partial charge in [-0.2, -0.15) is 0 Å². The number of nitrogens with zero attached hydrogens (tertiary/aromatic N) is 2. The van der Waals surface area contributed by atoms with Crippen molar-refractivity contribution in [1.29, 1.82) is 0 Å². The molecule has 14 nitrogen and oxygen atoms in total. The average molecular weight is 1190 g/mol. The number of rotatable bonds is 32. The van der Waals surface area contributed by atoms with Crippen molar-refractivity contribution in [2.24, 2.45) is 0 Å². The molecule has 2 aliphatic heterocycles. The Morgan fingerprint density at radius 2 is 1.01 bits per heavy atom. The highest BCUT2D eigenvalue weighted by Crippen LogP contribution is 2.32. The number of hydrogen-bond acceptors (Lipinski definition) is 14. The minimum Gasteiger partial charge on any atom is -0.491 e. The van der Waals surface area contributed by atoms with Crippen LogP contribution in [0.2, 0.25) is 51.9 Å². The smallest absolute Gasteiger partial charge is 0.314 e. The summed E-state index contributed by atoms with van der Waals surface area (Å²) in [6.07, 6.45) is 11.7. The van der Waals surface area contributed by atoms with Crippen molar-refractivity contribution in [3.63, 3.8) is 0 Å². The van der Waals surface area contributed by atoms with E-state index in [1.165, 1.54) is 11.1 Å². The van der Waals surface area contributed by atoms with Gasteiger partial charge in [-0.25, -0.2) is 0 Å². The molecule has 17 heteroatoms. The first-order valence-electron chi connectivity index (χ1n) is 30.5. The molecule has 0 atom stereocenters. The summed E-state index contributed by atoms with van der Waals surface area (Å²) in [6, 6.07) is 24.1. The molecule has 0 amide bonds. The highest BCUT2D eigenvalue weighted by molar-refractivity contribution is 6.87. The van der Waals surface area contributed by atoms with Crippen LogP contribution in [-0.4, -0.2) is 173 Å². The molecule has 3 aromatic carbocycles. The lowest BCUT2D eigenvalue weighted by Crippen LogP contribution is -2.54. The van der Waals surface area contributed by atoms with Crippen LogP contribution >= 0.6 is 0 Å². The third-order valence-corrected chi connectivity index (χ3v) is 24.5. The summed E-state index contributed by atoms with van der Waals surface area (Å²) in [5, 5.41) is 10.7. The predicted molar refractivity (Wildman–Crippen MR) is 338 cm³/mol. The minimum atomic E-state index is -2.21. The number of benzene rings is 3. The van der Waals surface area contributed by atoms with Crippen LogP contribution < -0.4 is 4.74 Å². The molecule has 82 heavy (non-hydrogen) atoms. The number of carbonyl (C=O) groups is 3. The summed E-state index contributed by atoms with van der Waals surface area (Å²) in [6.45, 7) is 39.9. The molecule has 1 N–H and O–H groups in total. The molecule has 1 aliphatic carbocycles. The molecule has 3 aliphatic rings. The molecule has 6 rings (SSSR count). The largest absolute Gasteiger partial charge is 0.491 e. The first-order chi connectivity index (χ1) is 38.8. The summed E-state index contributed by atoms with van der Waals surface area (Å²) >= 11 is 0. The lowest BCUT2D eigenvalue weighted by atomic mass is 9.79. The Hall–Kier alpha value is -3.54. The first kappa shape index (κ1) is 70.9. The van der Waals surface area contributed by atoms with Crippen LogP contribution in [0.1, 0.15) is 135 Å². The first-order valence-corrected chi connectivity index (χ1v) is 39.8. The van der Waals surface area contributed by atoms with Gasteiger partial charge >= 0.3 is 8.56 Å². The summed E-state index contributed by atoms with van der Waals surface area (Å²) in [5.41, 5.74) is 2.42. The Bertz CT molecular complexity index is 2300. The van der Waals surface area contributed by atoms with Gasteiger partial charge in [0.15, 0.2) is 34.0 Å². The zero-order valence-electron chi connectivity index (χ0n) is 52.6. The van der Waals surface area contributed by atoms with Crippen LogP contribution in [-0.2, 0) is 44.8 Å². The highest BCUT2D eigenvalue weighted by atomic mass is 28.5. The van der Waals surface area contributed by atoms with Crippen LogP contribution in [0, 0.1) is 0 Å². The second-order valence-electron chi connectivity index (χ2n) is 25.1. The van der Waals surface area contributed by atoms with Gasteiger partial charge in [-0.15, -0.1) is 6.58 Å². The maximum absolute atomic E-state index is 12.9. The van der Waals surface area contributed by atoms with Gasteiger partial charge in [-0.1, -0.05) is 80.8 Å². The standard InChI is InChI=1S/C25H46O6Si3.C20H31NO3.C20H29NO3/c1-32(2,3)30-34(7,31-33(4,5)6)21-11-18-28-19-20-29-23-14-12-22(13-15-23)24(26)25(27)16-9-8-10-17-25;2*1-4-13-23-14-5-6-17-7-9-18(10-8-17)19(22)20(2,3)21-11-15-24-16-12-21/h12-15,27H,8-11,16-21H2,1-7H3;7-10H,4-6,11-16H2,1-3H3;4,7-10H,1,5-6,11-16H2,2-3H3. The topological polar surface area (TPSA) is 152 Å². The molecule has 2 saturated heterocycles. The zero-order valence-corrected chi connectivity index (χ0v) is 55.6. The van der Waals surface area contributed by atoms with E-state index >= 15 is 0 Å². The van der Waals surface area contributed by atoms with Gasteiger partial charge in [-0.05, 0) is 166 Å². The number of Topliss-reactive ketones (excluding diaryl/α,β-unsaturated/α-hetero) is 3. The fourth-order valence-electron chi connectivity index (χ4n) is 10.6. The fourth-order valence-corrected chi connectivity index (χ4v) is 23.1. The molecule has 460 valence electrons. The van der Waals surface area contributed by atoms with E-state index in [1.54, 1.807) is 30.3 Å². The van der Waals surface area contributed by atoms with Crippen LogP contribution in [0.3, 0.4) is 0 Å². The van der Waals surface area contributed by atoms with E-state index in [9.17, 15) is 19.5 Å². The molecule has 0 bridgehead atoms. The van der Waals surface area contributed by atoms with Gasteiger partial charge in [0.2, 0.25) is 0 Å². The van der Waals surface area contributed by atoms with Crippen molar-refractivity contribution in [2.75, 3.05) is 98.9 Å². The summed E-state index contributed by atoms with van der Waals surface area (Å²) in [5.74, 6) is 0.879. The van der Waals surface area contributed by atoms with E-state index in [2.05, 4.69) is 93.4 Å². The van der Waals surface area contributed by atoms with Gasteiger partial charge in [0, 0.05) is 69.3 Å². The summed E-state index contributed by atoms with van der Waals surface area (Å²) in [7, 11) is -5.55. The maximum Gasteiger partial charge on any atom is 0.314 e. The normalized spacial score (nSPS) is 16.5. The fraction of sp³-hybridized carbons (Fsp3) is 0.646. The Labute approximate surface area is 497 Å². The summed E-state index contributed by atoms with van der Waals surface area (Å²) in [4.78, 5) is 42.9. The molecule has 0 spiro atoms. The Balaban J connectivity index is 0.000000271. The quantitative estimate of drug-likeness (QED) is 0.0273. The Morgan fingerprint density at radius 1 is 0.585 bits per heavy atom. The number of carbonyl (C=O) groups excluding carboxylic acids is 3. The predicted octanol–water partition coefficient (Wildman–Crippen LogP) is 12.6. The molecule has 0 radical (unpaired) electrons. The van der Waals surface area contributed by atoms with Gasteiger partial charge in [-0.3, -0.25) is 24.2 Å². The SMILES string of the molecule is C=CCOCCCc1ccc(C(=O)C(C)(C)N2CCOCC2)cc1.CCCOCCCc1ccc(C(=O)C(C)(C)N2CCOCC2)cc1.C[Si](C)(C)O[Si](C)(CCCOCCOc1ccc(C(=O)C2(O)CCCCC2)cc1)O[Si](C)(C)C. The highest BCUT2D eigenvalue weighted by Gasteiger charge is 2.41. The zero-order chi connectivity index (χ0) is 60.3. The lowest BCUT2D eigenvalue weighted by molar-refractivity contribution is -0.00442. The van der Waals surface area contributed by atoms with Crippen LogP contribution in [0.25, 0.3) is 0 Å². The number of morpholine rings is 2.